The third-order valence-electron chi connectivity index (χ3n) is 8.55. The van der Waals surface area contributed by atoms with Gasteiger partial charge in [0.25, 0.3) is 5.69 Å². The first kappa shape index (κ1) is 32.4. The number of carbonyl (C=O) groups excluding carboxylic acids is 3. The van der Waals surface area contributed by atoms with Crippen molar-refractivity contribution in [3.8, 4) is 16.8 Å². The van der Waals surface area contributed by atoms with Crippen molar-refractivity contribution in [3.63, 3.8) is 0 Å². The van der Waals surface area contributed by atoms with Crippen molar-refractivity contribution in [2.75, 3.05) is 24.4 Å². The van der Waals surface area contributed by atoms with Crippen LogP contribution in [0, 0.1) is 5.92 Å². The molecule has 248 valence electrons. The van der Waals surface area contributed by atoms with Gasteiger partial charge < -0.3 is 20.1 Å². The maximum Gasteiger partial charge on any atom is 0.411 e. The minimum absolute atomic E-state index is 0.0140. The van der Waals surface area contributed by atoms with Crippen LogP contribution in [-0.4, -0.2) is 63.1 Å². The van der Waals surface area contributed by atoms with Gasteiger partial charge in [-0.1, -0.05) is 24.1 Å². The van der Waals surface area contributed by atoms with Crippen LogP contribution in [0.3, 0.4) is 0 Å². The van der Waals surface area contributed by atoms with Crippen LogP contribution in [0.5, 0.6) is 0 Å². The molecule has 6 rings (SSSR count). The lowest BCUT2D eigenvalue weighted by molar-refractivity contribution is -0.911. The number of tetrazole rings is 1. The summed E-state index contributed by atoms with van der Waals surface area (Å²) in [6.45, 7) is 1.98. The molecule has 2 aromatic heterocycles. The number of aromatic nitrogens is 5. The topological polar surface area (TPSA) is 173 Å². The third-order valence-corrected chi connectivity index (χ3v) is 8.79. The summed E-state index contributed by atoms with van der Waals surface area (Å²) in [5, 5.41) is 32.1. The fourth-order valence-corrected chi connectivity index (χ4v) is 6.36. The lowest BCUT2D eigenvalue weighted by Crippen LogP contribution is -2.47. The summed E-state index contributed by atoms with van der Waals surface area (Å²) in [5.74, 6) is -0.779. The Morgan fingerprint density at radius 1 is 1.19 bits per heavy atom. The quantitative estimate of drug-likeness (QED) is 0.0961. The van der Waals surface area contributed by atoms with Crippen LogP contribution in [-0.2, 0) is 24.6 Å². The number of amides is 2. The second-order valence-electron chi connectivity index (χ2n) is 11.6. The molecule has 2 unspecified atom stereocenters. The van der Waals surface area contributed by atoms with Crippen molar-refractivity contribution in [1.29, 1.82) is 0 Å². The van der Waals surface area contributed by atoms with Crippen molar-refractivity contribution in [3.05, 3.63) is 83.4 Å². The molecular formula is C33H34ClN8O6+. The zero-order valence-electron chi connectivity index (χ0n) is 26.2. The zero-order valence-corrected chi connectivity index (χ0v) is 27.0. The van der Waals surface area contributed by atoms with E-state index in [0.29, 0.717) is 70.2 Å². The molecule has 3 heterocycles. The Kier molecular flexibility index (Phi) is 9.26. The fraction of sp³-hybridized carbons (Fsp3) is 0.303. The number of carbonyl (C=O) groups is 3. The summed E-state index contributed by atoms with van der Waals surface area (Å²) < 4.78 is 12.7. The van der Waals surface area contributed by atoms with Gasteiger partial charge >= 0.3 is 12.1 Å². The number of ether oxygens (including phenoxy) is 2. The molecule has 1 fully saturated rings. The first-order valence-electron chi connectivity index (χ1n) is 15.4. The number of halogens is 1. The van der Waals surface area contributed by atoms with E-state index < -0.39 is 23.6 Å². The number of fused-ring (bicyclic) bond motifs is 6. The summed E-state index contributed by atoms with van der Waals surface area (Å²) in [5.41, 5.74) is 3.34. The zero-order chi connectivity index (χ0) is 33.8. The maximum absolute atomic E-state index is 13.6. The highest BCUT2D eigenvalue weighted by Gasteiger charge is 2.61. The first-order valence-corrected chi connectivity index (χ1v) is 15.8. The fourth-order valence-electron chi connectivity index (χ4n) is 6.18. The summed E-state index contributed by atoms with van der Waals surface area (Å²) in [4.78, 5) is 38.6. The molecule has 1 aliphatic heterocycles. The van der Waals surface area contributed by atoms with Crippen LogP contribution in [0.2, 0.25) is 5.02 Å². The van der Waals surface area contributed by atoms with E-state index in [1.165, 1.54) is 30.4 Å². The molecule has 2 amide bonds. The highest BCUT2D eigenvalue weighted by Crippen LogP contribution is 2.54. The van der Waals surface area contributed by atoms with Gasteiger partial charge in [0.2, 0.25) is 12.1 Å². The molecule has 0 radical (unpaired) electrons. The molecule has 1 saturated carbocycles. The number of pyridine rings is 1. The molecular weight excluding hydrogens is 640 g/mol. The largest absolute Gasteiger partial charge is 0.464 e. The van der Waals surface area contributed by atoms with Gasteiger partial charge in [-0.15, -0.1) is 5.10 Å². The van der Waals surface area contributed by atoms with Crippen molar-refractivity contribution < 1.29 is 33.8 Å². The predicted octanol–water partition coefficient (Wildman–Crippen LogP) is 4.26. The molecule has 2 aliphatic rings. The van der Waals surface area contributed by atoms with Crippen molar-refractivity contribution in [1.82, 2.24) is 25.5 Å². The monoisotopic (exact) mass is 673 g/mol. The van der Waals surface area contributed by atoms with Gasteiger partial charge in [-0.3, -0.25) is 15.3 Å². The smallest absolute Gasteiger partial charge is 0.411 e. The Bertz CT molecular complexity index is 1880. The van der Waals surface area contributed by atoms with Crippen molar-refractivity contribution >= 4 is 47.0 Å². The van der Waals surface area contributed by atoms with Gasteiger partial charge in [0.15, 0.2) is 0 Å². The Balaban J connectivity index is 1.36. The van der Waals surface area contributed by atoms with Crippen LogP contribution < -0.4 is 20.7 Å². The average molecular weight is 674 g/mol. The minimum Gasteiger partial charge on any atom is -0.464 e. The number of nitrogens with zero attached hydrogens (tertiary/aromatic N) is 5. The van der Waals surface area contributed by atoms with Gasteiger partial charge in [-0.05, 0) is 84.5 Å². The van der Waals surface area contributed by atoms with Crippen LogP contribution in [0.25, 0.3) is 22.9 Å². The second kappa shape index (κ2) is 13.7. The van der Waals surface area contributed by atoms with E-state index in [-0.39, 0.29) is 18.4 Å². The minimum atomic E-state index is -0.877. The van der Waals surface area contributed by atoms with Gasteiger partial charge in [0.05, 0.1) is 19.4 Å². The number of methoxy groups -OCH3 is 1. The maximum atomic E-state index is 13.6. The van der Waals surface area contributed by atoms with E-state index in [2.05, 4.69) is 31.5 Å². The molecule has 0 spiro atoms. The van der Waals surface area contributed by atoms with Crippen LogP contribution >= 0.6 is 11.6 Å². The molecule has 2 bridgehead atoms. The number of benzene rings is 2. The van der Waals surface area contributed by atoms with E-state index in [4.69, 9.17) is 21.1 Å². The predicted molar refractivity (Wildman–Crippen MR) is 174 cm³/mol. The van der Waals surface area contributed by atoms with Crippen LogP contribution in [0.15, 0.2) is 67.1 Å². The summed E-state index contributed by atoms with van der Waals surface area (Å²) in [7, 11) is 1.27. The van der Waals surface area contributed by atoms with E-state index in [0.717, 1.165) is 4.73 Å². The van der Waals surface area contributed by atoms with Crippen LogP contribution in [0.1, 0.15) is 43.9 Å². The van der Waals surface area contributed by atoms with Crippen molar-refractivity contribution in [2.24, 2.45) is 5.92 Å². The number of esters is 1. The number of rotatable bonds is 7. The van der Waals surface area contributed by atoms with Gasteiger partial charge in [-0.25, -0.2) is 9.59 Å². The Hall–Kier alpha value is -5.50. The number of nitrogens with one attached hydrogen (secondary N) is 3. The number of hydrogen-bond donors (Lipinski definition) is 4. The van der Waals surface area contributed by atoms with E-state index in [1.54, 1.807) is 55.5 Å². The van der Waals surface area contributed by atoms with Gasteiger partial charge in [0, 0.05) is 50.5 Å². The first-order chi connectivity index (χ1) is 23.2. The Morgan fingerprint density at radius 2 is 2.04 bits per heavy atom. The van der Waals surface area contributed by atoms with E-state index in [9.17, 15) is 19.6 Å². The molecule has 4 N–H and O–H groups in total. The highest BCUT2D eigenvalue weighted by molar-refractivity contribution is 6.30. The highest BCUT2D eigenvalue weighted by atomic mass is 35.5. The van der Waals surface area contributed by atoms with Crippen molar-refractivity contribution in [2.45, 2.75) is 44.2 Å². The van der Waals surface area contributed by atoms with Gasteiger partial charge in [0.1, 0.15) is 17.9 Å². The number of hydrogen-bond acceptors (Lipinski definition) is 10. The Labute approximate surface area is 280 Å². The molecule has 14 nitrogen and oxygen atoms in total. The molecule has 48 heavy (non-hydrogen) atoms. The molecule has 3 atom stereocenters. The van der Waals surface area contributed by atoms with Gasteiger partial charge in [-0.2, -0.15) is 4.68 Å². The summed E-state index contributed by atoms with van der Waals surface area (Å²) in [6.07, 6.45) is 7.71. The number of anilines is 2. The molecule has 0 saturated heterocycles. The van der Waals surface area contributed by atoms with E-state index in [1.807, 2.05) is 6.07 Å². The molecule has 2 aromatic carbocycles. The second-order valence-corrected chi connectivity index (χ2v) is 12.0. The third kappa shape index (κ3) is 6.79. The Morgan fingerprint density at radius 3 is 2.81 bits per heavy atom. The lowest BCUT2D eigenvalue weighted by Gasteiger charge is -2.23. The van der Waals surface area contributed by atoms with Crippen LogP contribution in [0.4, 0.5) is 16.2 Å². The average Bonchev–Trinajstić information content (AvgIpc) is 3.46. The SMILES string of the molecule is CCOC(=O)[C@H]1CCCC2CC2(NC(=O)/C=C/c2cc(Cl)ccc2-n2cnnn2)c2cc(cc[n+]2O)-c2ccc(NC(=O)OC)cc2N1. The molecule has 4 aromatic rings. The molecule has 1 aliphatic carbocycles. The normalized spacial score (nSPS) is 19.8. The molecule has 15 heteroatoms. The summed E-state index contributed by atoms with van der Waals surface area (Å²) in [6, 6.07) is 13.3. The standard InChI is InChI=1S/C33H33ClN8O6/c1-3-48-31(44)26-6-4-5-22-18-33(22,38-30(43)12-7-21-15-23(34)8-11-28(21)41-19-35-39-40-41)29-16-20(13-14-42(29)46)25-10-9-24(17-27(25)37-26)36-32(45)47-2/h7-17,19,22,26,46H,3-6,18H2,1-2H3,(H2,36,37,38,43,45)/p+1/b12-7+,25-20?/t22?,26-,33?/m1/s1. The lowest BCUT2D eigenvalue weighted by atomic mass is 9.96. The van der Waals surface area contributed by atoms with E-state index >= 15 is 0 Å². The summed E-state index contributed by atoms with van der Waals surface area (Å²) >= 11 is 6.26.